The third-order valence-corrected chi connectivity index (χ3v) is 5.80. The van der Waals surface area contributed by atoms with Gasteiger partial charge in [-0.1, -0.05) is 24.3 Å². The van der Waals surface area contributed by atoms with E-state index >= 15 is 0 Å². The molecule has 5 nitrogen and oxygen atoms in total. The molecule has 0 spiro atoms. The minimum absolute atomic E-state index is 0.852. The lowest BCUT2D eigenvalue weighted by molar-refractivity contribution is 0.0342. The second kappa shape index (κ2) is 6.97. The summed E-state index contributed by atoms with van der Waals surface area (Å²) in [4.78, 5) is 14.6. The number of ether oxygens (including phenoxy) is 1. The zero-order valence-electron chi connectivity index (χ0n) is 15.3. The van der Waals surface area contributed by atoms with E-state index in [1.54, 1.807) is 0 Å². The normalized spacial score (nSPS) is 20.1. The summed E-state index contributed by atoms with van der Waals surface area (Å²) in [6.45, 7) is 6.95. The van der Waals surface area contributed by atoms with Gasteiger partial charge in [-0.2, -0.15) is 0 Å². The lowest BCUT2D eigenvalue weighted by Gasteiger charge is -2.31. The van der Waals surface area contributed by atoms with Crippen molar-refractivity contribution in [3.8, 4) is 11.3 Å². The number of anilines is 1. The van der Waals surface area contributed by atoms with Crippen molar-refractivity contribution in [3.63, 3.8) is 0 Å². The standard InChI is InChI=1S/C21H26N4O/c1-3-18-19(4-1)22-21(25-9-2-10-25)23-20(18)17-7-5-16(6-8-17)15-24-11-13-26-14-12-24/h5-8H,1-4,9-15H2. The van der Waals surface area contributed by atoms with Gasteiger partial charge in [0, 0.05) is 49.5 Å². The maximum absolute atomic E-state index is 5.44. The summed E-state index contributed by atoms with van der Waals surface area (Å²) in [6, 6.07) is 9.02. The van der Waals surface area contributed by atoms with E-state index in [0.29, 0.717) is 0 Å². The first-order valence-corrected chi connectivity index (χ1v) is 9.91. The number of benzene rings is 1. The van der Waals surface area contributed by atoms with E-state index in [1.807, 2.05) is 0 Å². The summed E-state index contributed by atoms with van der Waals surface area (Å²) in [5.41, 5.74) is 6.40. The second-order valence-corrected chi connectivity index (χ2v) is 7.58. The highest BCUT2D eigenvalue weighted by atomic mass is 16.5. The predicted molar refractivity (Wildman–Crippen MR) is 102 cm³/mol. The Bertz CT molecular complexity index is 779. The Kier molecular flexibility index (Phi) is 4.35. The Labute approximate surface area is 155 Å². The Morgan fingerprint density at radius 3 is 2.42 bits per heavy atom. The molecule has 2 fully saturated rings. The third-order valence-electron chi connectivity index (χ3n) is 5.80. The first-order valence-electron chi connectivity index (χ1n) is 9.91. The quantitative estimate of drug-likeness (QED) is 0.848. The fraction of sp³-hybridized carbons (Fsp3) is 0.524. The van der Waals surface area contributed by atoms with Crippen molar-refractivity contribution in [2.24, 2.45) is 0 Å². The highest BCUT2D eigenvalue weighted by Gasteiger charge is 2.24. The van der Waals surface area contributed by atoms with Crippen molar-refractivity contribution in [2.45, 2.75) is 32.2 Å². The number of nitrogens with zero attached hydrogens (tertiary/aromatic N) is 4. The lowest BCUT2D eigenvalue weighted by Crippen LogP contribution is -2.38. The molecule has 0 radical (unpaired) electrons. The molecule has 5 rings (SSSR count). The molecule has 0 bridgehead atoms. The number of fused-ring (bicyclic) bond motifs is 1. The molecule has 0 unspecified atom stereocenters. The molecule has 2 saturated heterocycles. The largest absolute Gasteiger partial charge is 0.379 e. The number of morpholine rings is 1. The average molecular weight is 350 g/mol. The molecule has 5 heteroatoms. The van der Waals surface area contributed by atoms with E-state index in [1.165, 1.54) is 35.2 Å². The van der Waals surface area contributed by atoms with Gasteiger partial charge in [-0.25, -0.2) is 9.97 Å². The summed E-state index contributed by atoms with van der Waals surface area (Å²) in [5, 5.41) is 0. The average Bonchev–Trinajstić information content (AvgIpc) is 3.10. The summed E-state index contributed by atoms with van der Waals surface area (Å²) >= 11 is 0. The highest BCUT2D eigenvalue weighted by molar-refractivity contribution is 5.66. The predicted octanol–water partition coefficient (Wildman–Crippen LogP) is 2.67. The van der Waals surface area contributed by atoms with Gasteiger partial charge < -0.3 is 9.64 Å². The molecule has 3 aliphatic rings. The molecule has 136 valence electrons. The van der Waals surface area contributed by atoms with Gasteiger partial charge in [0.25, 0.3) is 0 Å². The van der Waals surface area contributed by atoms with Crippen LogP contribution >= 0.6 is 0 Å². The highest BCUT2D eigenvalue weighted by Crippen LogP contribution is 2.33. The molecule has 1 aromatic carbocycles. The lowest BCUT2D eigenvalue weighted by atomic mass is 10.0. The van der Waals surface area contributed by atoms with E-state index < -0.39 is 0 Å². The minimum Gasteiger partial charge on any atom is -0.379 e. The maximum Gasteiger partial charge on any atom is 0.226 e. The molecule has 2 aromatic rings. The van der Waals surface area contributed by atoms with Crippen LogP contribution < -0.4 is 4.90 Å². The van der Waals surface area contributed by atoms with Crippen LogP contribution in [0.5, 0.6) is 0 Å². The zero-order valence-corrected chi connectivity index (χ0v) is 15.3. The molecule has 1 aromatic heterocycles. The molecular weight excluding hydrogens is 324 g/mol. The summed E-state index contributed by atoms with van der Waals surface area (Å²) < 4.78 is 5.44. The SMILES string of the molecule is c1cc(-c2nc(N3CCC3)nc3c2CCC3)ccc1CN1CCOCC1. The van der Waals surface area contributed by atoms with Crippen LogP contribution in [0.3, 0.4) is 0 Å². The molecule has 0 atom stereocenters. The molecule has 2 aliphatic heterocycles. The maximum atomic E-state index is 5.44. The van der Waals surface area contributed by atoms with Crippen molar-refractivity contribution >= 4 is 5.95 Å². The van der Waals surface area contributed by atoms with Crippen molar-refractivity contribution in [2.75, 3.05) is 44.3 Å². The molecule has 3 heterocycles. The van der Waals surface area contributed by atoms with Gasteiger partial charge in [0.2, 0.25) is 5.95 Å². The number of hydrogen-bond acceptors (Lipinski definition) is 5. The van der Waals surface area contributed by atoms with E-state index in [9.17, 15) is 0 Å². The van der Waals surface area contributed by atoms with Gasteiger partial charge in [-0.15, -0.1) is 0 Å². The molecule has 0 saturated carbocycles. The summed E-state index contributed by atoms with van der Waals surface area (Å²) in [7, 11) is 0. The molecular formula is C21H26N4O. The van der Waals surface area contributed by atoms with Gasteiger partial charge in [0.05, 0.1) is 18.9 Å². The van der Waals surface area contributed by atoms with E-state index in [0.717, 1.165) is 70.4 Å². The Morgan fingerprint density at radius 1 is 0.885 bits per heavy atom. The van der Waals surface area contributed by atoms with Crippen LogP contribution in [0.25, 0.3) is 11.3 Å². The molecule has 1 aliphatic carbocycles. The van der Waals surface area contributed by atoms with Crippen LogP contribution in [-0.2, 0) is 24.1 Å². The van der Waals surface area contributed by atoms with Crippen LogP contribution in [0.1, 0.15) is 29.7 Å². The topological polar surface area (TPSA) is 41.5 Å². The van der Waals surface area contributed by atoms with Crippen LogP contribution in [-0.4, -0.2) is 54.3 Å². The van der Waals surface area contributed by atoms with Crippen molar-refractivity contribution in [1.82, 2.24) is 14.9 Å². The van der Waals surface area contributed by atoms with Crippen molar-refractivity contribution < 1.29 is 4.74 Å². The first kappa shape index (κ1) is 16.2. The van der Waals surface area contributed by atoms with Gasteiger partial charge in [-0.05, 0) is 31.2 Å². The van der Waals surface area contributed by atoms with Crippen LogP contribution in [0.4, 0.5) is 5.95 Å². The first-order chi connectivity index (χ1) is 12.9. The van der Waals surface area contributed by atoms with Crippen molar-refractivity contribution in [1.29, 1.82) is 0 Å². The fourth-order valence-corrected chi connectivity index (χ4v) is 4.10. The molecule has 0 amide bonds. The van der Waals surface area contributed by atoms with Gasteiger partial charge in [-0.3, -0.25) is 4.90 Å². The monoisotopic (exact) mass is 350 g/mol. The van der Waals surface area contributed by atoms with Crippen molar-refractivity contribution in [3.05, 3.63) is 41.1 Å². The number of hydrogen-bond donors (Lipinski definition) is 0. The van der Waals surface area contributed by atoms with Gasteiger partial charge in [0.15, 0.2) is 0 Å². The Hall–Kier alpha value is -1.98. The van der Waals surface area contributed by atoms with Crippen LogP contribution in [0.2, 0.25) is 0 Å². The number of aryl methyl sites for hydroxylation is 1. The summed E-state index contributed by atoms with van der Waals surface area (Å²) in [6.07, 6.45) is 4.67. The molecule has 0 N–H and O–H groups in total. The fourth-order valence-electron chi connectivity index (χ4n) is 4.10. The second-order valence-electron chi connectivity index (χ2n) is 7.58. The van der Waals surface area contributed by atoms with Gasteiger partial charge in [0.1, 0.15) is 0 Å². The van der Waals surface area contributed by atoms with Crippen LogP contribution in [0.15, 0.2) is 24.3 Å². The number of rotatable bonds is 4. The third kappa shape index (κ3) is 3.10. The summed E-state index contributed by atoms with van der Waals surface area (Å²) in [5.74, 6) is 0.935. The van der Waals surface area contributed by atoms with E-state index in [2.05, 4.69) is 34.1 Å². The molecule has 26 heavy (non-hydrogen) atoms. The minimum atomic E-state index is 0.852. The smallest absolute Gasteiger partial charge is 0.226 e. The Morgan fingerprint density at radius 2 is 1.69 bits per heavy atom. The number of aromatic nitrogens is 2. The van der Waals surface area contributed by atoms with E-state index in [4.69, 9.17) is 14.7 Å². The Balaban J connectivity index is 1.41. The van der Waals surface area contributed by atoms with Crippen LogP contribution in [0, 0.1) is 0 Å². The zero-order chi connectivity index (χ0) is 17.3. The van der Waals surface area contributed by atoms with E-state index in [-0.39, 0.29) is 0 Å². The van der Waals surface area contributed by atoms with Gasteiger partial charge >= 0.3 is 0 Å².